The number of nitrogens with zero attached hydrogens (tertiary/aromatic N) is 3. The van der Waals surface area contributed by atoms with Crippen LogP contribution in [0, 0.1) is 5.92 Å². The van der Waals surface area contributed by atoms with Crippen molar-refractivity contribution in [2.24, 2.45) is 5.92 Å². The lowest BCUT2D eigenvalue weighted by Crippen LogP contribution is -2.36. The fraction of sp³-hybridized carbons (Fsp3) is 0.722. The summed E-state index contributed by atoms with van der Waals surface area (Å²) >= 11 is 0. The van der Waals surface area contributed by atoms with Crippen LogP contribution in [0.2, 0.25) is 0 Å². The largest absolute Gasteiger partial charge is 0.408 e. The van der Waals surface area contributed by atoms with Crippen LogP contribution in [0.1, 0.15) is 59.2 Å². The first kappa shape index (κ1) is 22.3. The zero-order valence-corrected chi connectivity index (χ0v) is 16.4. The van der Waals surface area contributed by atoms with Crippen molar-refractivity contribution >= 4 is 17.5 Å². The van der Waals surface area contributed by atoms with Gasteiger partial charge in [0.1, 0.15) is 18.0 Å². The highest BCUT2D eigenvalue weighted by Gasteiger charge is 2.39. The molecule has 1 aliphatic carbocycles. The predicted molar refractivity (Wildman–Crippen MR) is 99.4 cm³/mol. The average Bonchev–Trinajstić information content (AvgIpc) is 2.60. The maximum Gasteiger partial charge on any atom is 0.408 e. The van der Waals surface area contributed by atoms with Crippen molar-refractivity contribution in [1.29, 1.82) is 0 Å². The number of anilines is 2. The molecule has 1 aliphatic rings. The maximum atomic E-state index is 14.4. The van der Waals surface area contributed by atoms with Crippen molar-refractivity contribution in [3.8, 4) is 0 Å². The maximum absolute atomic E-state index is 14.4. The van der Waals surface area contributed by atoms with Crippen LogP contribution in [0.5, 0.6) is 0 Å². The van der Waals surface area contributed by atoms with E-state index in [1.165, 1.54) is 6.92 Å². The van der Waals surface area contributed by atoms with Crippen molar-refractivity contribution in [3.05, 3.63) is 11.7 Å². The van der Waals surface area contributed by atoms with E-state index in [9.17, 15) is 22.7 Å². The molecule has 0 fully saturated rings. The second kappa shape index (κ2) is 9.02. The molecule has 2 rings (SSSR count). The van der Waals surface area contributed by atoms with Gasteiger partial charge in [0.15, 0.2) is 5.82 Å². The van der Waals surface area contributed by atoms with Crippen LogP contribution in [-0.4, -0.2) is 44.4 Å². The van der Waals surface area contributed by atoms with Crippen LogP contribution in [0.3, 0.4) is 0 Å². The van der Waals surface area contributed by atoms with E-state index >= 15 is 0 Å². The van der Waals surface area contributed by atoms with Gasteiger partial charge in [-0.2, -0.15) is 28.1 Å². The van der Waals surface area contributed by atoms with Crippen molar-refractivity contribution < 1.29 is 22.7 Å². The molecule has 0 saturated heterocycles. The molecule has 6 nitrogen and oxygen atoms in total. The van der Waals surface area contributed by atoms with Crippen LogP contribution in [-0.2, 0) is 0 Å². The van der Waals surface area contributed by atoms with Crippen LogP contribution in [0.25, 0.3) is 5.57 Å². The van der Waals surface area contributed by atoms with Gasteiger partial charge in [-0.1, -0.05) is 20.8 Å². The summed E-state index contributed by atoms with van der Waals surface area (Å²) in [6.07, 6.45) is -4.84. The van der Waals surface area contributed by atoms with Gasteiger partial charge in [0.2, 0.25) is 11.9 Å². The third kappa shape index (κ3) is 5.52. The molecule has 0 aliphatic heterocycles. The number of nitrogens with one attached hydrogen (secondary N) is 2. The molecule has 1 aromatic heterocycles. The van der Waals surface area contributed by atoms with Gasteiger partial charge in [-0.05, 0) is 38.5 Å². The molecule has 0 bridgehead atoms. The quantitative estimate of drug-likeness (QED) is 0.587. The summed E-state index contributed by atoms with van der Waals surface area (Å²) < 4.78 is 53.8. The van der Waals surface area contributed by atoms with Gasteiger partial charge in [0.05, 0.1) is 0 Å². The molecule has 0 saturated carbocycles. The van der Waals surface area contributed by atoms with Crippen molar-refractivity contribution in [3.63, 3.8) is 0 Å². The van der Waals surface area contributed by atoms with Gasteiger partial charge in [-0.25, -0.2) is 4.39 Å². The Morgan fingerprint density at radius 3 is 2.25 bits per heavy atom. The number of hydrogen-bond donors (Lipinski definition) is 3. The highest BCUT2D eigenvalue weighted by Crippen LogP contribution is 2.33. The number of halogens is 4. The van der Waals surface area contributed by atoms with Crippen molar-refractivity contribution in [2.75, 3.05) is 10.6 Å². The Hall–Kier alpha value is -1.97. The summed E-state index contributed by atoms with van der Waals surface area (Å²) in [4.78, 5) is 12.3. The molecule has 0 radical (unpaired) electrons. The number of alkyl halides is 3. The number of aliphatic hydroxyl groups is 1. The van der Waals surface area contributed by atoms with Crippen LogP contribution in [0.15, 0.2) is 5.83 Å². The summed E-state index contributed by atoms with van der Waals surface area (Å²) in [5, 5.41) is 15.1. The monoisotopic (exact) mass is 405 g/mol. The Morgan fingerprint density at radius 1 is 1.11 bits per heavy atom. The summed E-state index contributed by atoms with van der Waals surface area (Å²) in [5.74, 6) is -0.819. The first-order valence-electron chi connectivity index (χ1n) is 9.45. The molecule has 10 heteroatoms. The Labute approximate surface area is 161 Å². The van der Waals surface area contributed by atoms with Gasteiger partial charge in [-0.3, -0.25) is 0 Å². The van der Waals surface area contributed by atoms with Gasteiger partial charge in [0, 0.05) is 11.6 Å². The standard InChI is InChI=1S/C18H27F4N5O/c1-5-13(18(20,21)22)24-17-26-15(11-7-6-8-12(28)14(11)19)25-16(27-17)23-10(4)9(2)3/h9-10,12-13,28H,5-8H2,1-4H3,(H2,23,24,25,26,27)/t10-,12?,13+/m0/s1. The van der Waals surface area contributed by atoms with E-state index in [0.717, 1.165) is 0 Å². The fourth-order valence-corrected chi connectivity index (χ4v) is 2.72. The number of allylic oxidation sites excluding steroid dienone is 1. The molecule has 3 atom stereocenters. The first-order chi connectivity index (χ1) is 13.0. The molecule has 1 heterocycles. The lowest BCUT2D eigenvalue weighted by molar-refractivity contribution is -0.143. The second-order valence-corrected chi connectivity index (χ2v) is 7.36. The average molecular weight is 405 g/mol. The smallest absolute Gasteiger partial charge is 0.386 e. The van der Waals surface area contributed by atoms with E-state index in [1.807, 2.05) is 20.8 Å². The third-order valence-corrected chi connectivity index (χ3v) is 4.85. The molecule has 1 aromatic rings. The van der Waals surface area contributed by atoms with Gasteiger partial charge in [-0.15, -0.1) is 0 Å². The molecule has 3 N–H and O–H groups in total. The third-order valence-electron chi connectivity index (χ3n) is 4.85. The molecule has 0 spiro atoms. The molecule has 158 valence electrons. The topological polar surface area (TPSA) is 83.0 Å². The lowest BCUT2D eigenvalue weighted by atomic mass is 9.96. The molecule has 28 heavy (non-hydrogen) atoms. The van der Waals surface area contributed by atoms with E-state index in [0.29, 0.717) is 12.8 Å². The summed E-state index contributed by atoms with van der Waals surface area (Å²) in [6.45, 7) is 7.22. The van der Waals surface area contributed by atoms with Gasteiger partial charge >= 0.3 is 6.18 Å². The molecular weight excluding hydrogens is 378 g/mol. The van der Waals surface area contributed by atoms with E-state index in [-0.39, 0.29) is 48.1 Å². The van der Waals surface area contributed by atoms with E-state index < -0.39 is 24.1 Å². The Morgan fingerprint density at radius 2 is 1.71 bits per heavy atom. The minimum absolute atomic E-state index is 0.0612. The highest BCUT2D eigenvalue weighted by atomic mass is 19.4. The minimum atomic E-state index is -4.48. The molecule has 1 unspecified atom stereocenters. The zero-order valence-electron chi connectivity index (χ0n) is 16.4. The fourth-order valence-electron chi connectivity index (χ4n) is 2.72. The number of aliphatic hydroxyl groups excluding tert-OH is 1. The van der Waals surface area contributed by atoms with Crippen LogP contribution < -0.4 is 10.6 Å². The number of aromatic nitrogens is 3. The van der Waals surface area contributed by atoms with E-state index in [4.69, 9.17) is 0 Å². The van der Waals surface area contributed by atoms with Crippen LogP contribution >= 0.6 is 0 Å². The Balaban J connectivity index is 2.45. The first-order valence-corrected chi connectivity index (χ1v) is 9.45. The second-order valence-electron chi connectivity index (χ2n) is 7.36. The number of hydrogen-bond acceptors (Lipinski definition) is 6. The molecule has 0 aromatic carbocycles. The molecular formula is C18H27F4N5O. The normalized spacial score (nSPS) is 20.3. The van der Waals surface area contributed by atoms with Crippen LogP contribution in [0.4, 0.5) is 29.5 Å². The summed E-state index contributed by atoms with van der Waals surface area (Å²) in [6, 6.07) is -1.91. The Bertz CT molecular complexity index is 708. The van der Waals surface area contributed by atoms with E-state index in [2.05, 4.69) is 25.6 Å². The summed E-state index contributed by atoms with van der Waals surface area (Å²) in [7, 11) is 0. The SMILES string of the molecule is CC[C@@H](Nc1nc(N[C@@H](C)C(C)C)nc(C2=C(F)C(O)CCC2)n1)C(F)(F)F. The summed E-state index contributed by atoms with van der Waals surface area (Å²) in [5.41, 5.74) is 0.101. The Kier molecular flexibility index (Phi) is 7.19. The van der Waals surface area contributed by atoms with E-state index in [1.54, 1.807) is 0 Å². The minimum Gasteiger partial charge on any atom is -0.386 e. The predicted octanol–water partition coefficient (Wildman–Crippen LogP) is 4.31. The van der Waals surface area contributed by atoms with Gasteiger partial charge in [0.25, 0.3) is 0 Å². The highest BCUT2D eigenvalue weighted by molar-refractivity contribution is 5.65. The zero-order chi connectivity index (χ0) is 21.1. The lowest BCUT2D eigenvalue weighted by Gasteiger charge is -2.23. The van der Waals surface area contributed by atoms with Crippen molar-refractivity contribution in [1.82, 2.24) is 15.0 Å². The van der Waals surface area contributed by atoms with Crippen molar-refractivity contribution in [2.45, 2.75) is 77.7 Å². The number of rotatable bonds is 7. The van der Waals surface area contributed by atoms with Gasteiger partial charge < -0.3 is 15.7 Å². The molecule has 0 amide bonds.